The highest BCUT2D eigenvalue weighted by atomic mass is 19.4. The molecular formula is C28H21F3N4O2. The van der Waals surface area contributed by atoms with E-state index < -0.39 is 17.6 Å². The highest BCUT2D eigenvalue weighted by Crippen LogP contribution is 2.33. The lowest BCUT2D eigenvalue weighted by molar-refractivity contribution is -0.137. The van der Waals surface area contributed by atoms with Crippen molar-refractivity contribution in [3.8, 4) is 17.0 Å². The van der Waals surface area contributed by atoms with Gasteiger partial charge in [-0.3, -0.25) is 4.79 Å². The molecule has 0 radical (unpaired) electrons. The van der Waals surface area contributed by atoms with Gasteiger partial charge in [0, 0.05) is 34.1 Å². The molecule has 0 atom stereocenters. The summed E-state index contributed by atoms with van der Waals surface area (Å²) in [5.41, 5.74) is 3.97. The Balaban J connectivity index is 1.44. The number of anilines is 3. The molecule has 186 valence electrons. The van der Waals surface area contributed by atoms with Gasteiger partial charge in [-0.05, 0) is 79.2 Å². The molecule has 0 saturated carbocycles. The number of carbonyl (C=O) groups excluding carboxylic acids is 1. The molecule has 0 unspecified atom stereocenters. The fraction of sp³-hybridized carbons (Fsp3) is 0.0714. The SMILES string of the molecule is Cc1ccc(NC(=O)c2cccc(C(F)(F)F)c2)cc1Nc1cc(-c2ccc(O)cc2)nc2[nH]ccc12. The Labute approximate surface area is 209 Å². The Morgan fingerprint density at radius 1 is 0.946 bits per heavy atom. The fourth-order valence-electron chi connectivity index (χ4n) is 3.94. The van der Waals surface area contributed by atoms with Crippen molar-refractivity contribution in [1.29, 1.82) is 0 Å². The molecule has 1 amide bonds. The van der Waals surface area contributed by atoms with Crippen LogP contribution in [0.25, 0.3) is 22.3 Å². The monoisotopic (exact) mass is 502 g/mol. The Kier molecular flexibility index (Phi) is 6.04. The topological polar surface area (TPSA) is 90.0 Å². The summed E-state index contributed by atoms with van der Waals surface area (Å²) in [6.07, 6.45) is -2.76. The zero-order valence-corrected chi connectivity index (χ0v) is 19.5. The molecule has 9 heteroatoms. The third-order valence-corrected chi connectivity index (χ3v) is 5.91. The van der Waals surface area contributed by atoms with Crippen LogP contribution in [0.5, 0.6) is 5.75 Å². The summed E-state index contributed by atoms with van der Waals surface area (Å²) < 4.78 is 39.1. The van der Waals surface area contributed by atoms with Crippen molar-refractivity contribution >= 4 is 34.0 Å². The highest BCUT2D eigenvalue weighted by molar-refractivity contribution is 6.04. The molecule has 2 aromatic heterocycles. The second-order valence-electron chi connectivity index (χ2n) is 8.53. The Bertz CT molecular complexity index is 1610. The lowest BCUT2D eigenvalue weighted by atomic mass is 10.1. The van der Waals surface area contributed by atoms with Crippen LogP contribution in [0.3, 0.4) is 0 Å². The molecule has 3 aromatic carbocycles. The van der Waals surface area contributed by atoms with E-state index in [0.29, 0.717) is 22.7 Å². The first kappa shape index (κ1) is 23.9. The van der Waals surface area contributed by atoms with E-state index in [2.05, 4.69) is 20.6 Å². The number of H-pyrrole nitrogens is 1. The van der Waals surface area contributed by atoms with E-state index in [1.807, 2.05) is 19.1 Å². The number of phenols is 1. The van der Waals surface area contributed by atoms with E-state index in [0.717, 1.165) is 34.3 Å². The summed E-state index contributed by atoms with van der Waals surface area (Å²) in [5.74, 6) is -0.491. The van der Waals surface area contributed by atoms with Gasteiger partial charge in [-0.1, -0.05) is 12.1 Å². The van der Waals surface area contributed by atoms with Crippen LogP contribution >= 0.6 is 0 Å². The van der Waals surface area contributed by atoms with Crippen molar-refractivity contribution in [3.05, 3.63) is 102 Å². The number of alkyl halides is 3. The first-order valence-corrected chi connectivity index (χ1v) is 11.3. The molecule has 0 saturated heterocycles. The van der Waals surface area contributed by atoms with Crippen LogP contribution in [0.15, 0.2) is 85.1 Å². The lowest BCUT2D eigenvalue weighted by Crippen LogP contribution is -2.14. The largest absolute Gasteiger partial charge is 0.508 e. The molecule has 0 aliphatic heterocycles. The van der Waals surface area contributed by atoms with Crippen LogP contribution in [-0.2, 0) is 6.18 Å². The molecule has 4 N–H and O–H groups in total. The predicted molar refractivity (Wildman–Crippen MR) is 137 cm³/mol. The van der Waals surface area contributed by atoms with Gasteiger partial charge in [-0.15, -0.1) is 0 Å². The van der Waals surface area contributed by atoms with Crippen LogP contribution in [0, 0.1) is 6.92 Å². The van der Waals surface area contributed by atoms with E-state index in [9.17, 15) is 23.1 Å². The first-order chi connectivity index (χ1) is 17.7. The third kappa shape index (κ3) is 5.11. The highest BCUT2D eigenvalue weighted by Gasteiger charge is 2.30. The Morgan fingerprint density at radius 3 is 2.49 bits per heavy atom. The van der Waals surface area contributed by atoms with Crippen LogP contribution < -0.4 is 10.6 Å². The molecule has 0 spiro atoms. The number of nitrogens with zero attached hydrogens (tertiary/aromatic N) is 1. The van der Waals surface area contributed by atoms with Crippen molar-refractivity contribution < 1.29 is 23.1 Å². The maximum atomic E-state index is 13.0. The Hall–Kier alpha value is -4.79. The van der Waals surface area contributed by atoms with E-state index >= 15 is 0 Å². The molecule has 37 heavy (non-hydrogen) atoms. The molecule has 6 nitrogen and oxygen atoms in total. The fourth-order valence-corrected chi connectivity index (χ4v) is 3.94. The maximum absolute atomic E-state index is 13.0. The minimum atomic E-state index is -4.54. The van der Waals surface area contributed by atoms with Gasteiger partial charge < -0.3 is 20.7 Å². The number of aryl methyl sites for hydroxylation is 1. The van der Waals surface area contributed by atoms with Crippen LogP contribution in [0.4, 0.5) is 30.2 Å². The average Bonchev–Trinajstić information content (AvgIpc) is 3.35. The van der Waals surface area contributed by atoms with Crippen molar-refractivity contribution in [1.82, 2.24) is 9.97 Å². The number of hydrogen-bond acceptors (Lipinski definition) is 4. The van der Waals surface area contributed by atoms with Gasteiger partial charge >= 0.3 is 6.18 Å². The van der Waals surface area contributed by atoms with Crippen LogP contribution in [0.2, 0.25) is 0 Å². The van der Waals surface area contributed by atoms with Crippen molar-refractivity contribution in [2.75, 3.05) is 10.6 Å². The number of nitrogens with one attached hydrogen (secondary N) is 3. The summed E-state index contributed by atoms with van der Waals surface area (Å²) >= 11 is 0. The zero-order valence-electron chi connectivity index (χ0n) is 19.5. The number of pyridine rings is 1. The van der Waals surface area contributed by atoms with Crippen molar-refractivity contribution in [3.63, 3.8) is 0 Å². The first-order valence-electron chi connectivity index (χ1n) is 11.3. The number of aromatic amines is 1. The number of hydrogen-bond donors (Lipinski definition) is 4. The summed E-state index contributed by atoms with van der Waals surface area (Å²) in [7, 11) is 0. The summed E-state index contributed by atoms with van der Waals surface area (Å²) in [5, 5.41) is 16.5. The number of benzene rings is 3. The second-order valence-corrected chi connectivity index (χ2v) is 8.53. The van der Waals surface area contributed by atoms with E-state index in [4.69, 9.17) is 0 Å². The molecular weight excluding hydrogens is 481 g/mol. The number of halogens is 3. The molecule has 0 fully saturated rings. The molecule has 0 aliphatic carbocycles. The molecule has 5 rings (SSSR count). The molecule has 0 bridgehead atoms. The molecule has 0 aliphatic rings. The average molecular weight is 502 g/mol. The number of phenolic OH excluding ortho intramolecular Hbond substituents is 1. The van der Waals surface area contributed by atoms with Crippen LogP contribution in [-0.4, -0.2) is 21.0 Å². The van der Waals surface area contributed by atoms with Gasteiger partial charge in [-0.25, -0.2) is 4.98 Å². The number of aromatic hydroxyl groups is 1. The van der Waals surface area contributed by atoms with Crippen molar-refractivity contribution in [2.24, 2.45) is 0 Å². The maximum Gasteiger partial charge on any atom is 0.416 e. The number of aromatic nitrogens is 2. The van der Waals surface area contributed by atoms with Gasteiger partial charge in [0.25, 0.3) is 5.91 Å². The summed E-state index contributed by atoms with van der Waals surface area (Å²) in [6, 6.07) is 20.0. The van der Waals surface area contributed by atoms with Crippen molar-refractivity contribution in [2.45, 2.75) is 13.1 Å². The van der Waals surface area contributed by atoms with E-state index in [-0.39, 0.29) is 11.3 Å². The second kappa shape index (κ2) is 9.34. The Morgan fingerprint density at radius 2 is 1.73 bits per heavy atom. The molecule has 5 aromatic rings. The predicted octanol–water partition coefficient (Wildman–Crippen LogP) is 7.26. The van der Waals surface area contributed by atoms with E-state index in [1.54, 1.807) is 48.7 Å². The number of fused-ring (bicyclic) bond motifs is 1. The van der Waals surface area contributed by atoms with Crippen LogP contribution in [0.1, 0.15) is 21.5 Å². The van der Waals surface area contributed by atoms with Gasteiger partial charge in [0.2, 0.25) is 0 Å². The lowest BCUT2D eigenvalue weighted by Gasteiger charge is -2.15. The number of rotatable bonds is 5. The number of carbonyl (C=O) groups is 1. The minimum absolute atomic E-state index is 0.0911. The minimum Gasteiger partial charge on any atom is -0.508 e. The normalized spacial score (nSPS) is 11.5. The van der Waals surface area contributed by atoms with Gasteiger partial charge in [0.15, 0.2) is 0 Å². The zero-order chi connectivity index (χ0) is 26.2. The smallest absolute Gasteiger partial charge is 0.416 e. The van der Waals surface area contributed by atoms with E-state index in [1.165, 1.54) is 12.1 Å². The van der Waals surface area contributed by atoms with Gasteiger partial charge in [-0.2, -0.15) is 13.2 Å². The molecule has 2 heterocycles. The van der Waals surface area contributed by atoms with Gasteiger partial charge in [0.05, 0.1) is 16.9 Å². The standard InChI is InChI=1S/C28H21F3N4O2/c1-16-5-8-20(33-27(37)18-3-2-4-19(13-18)28(29,30)31)14-23(16)34-25-15-24(17-6-9-21(36)10-7-17)35-26-22(25)11-12-32-26/h2-15,36H,1H3,(H,33,37)(H2,32,34,35). The van der Waals surface area contributed by atoms with Gasteiger partial charge in [0.1, 0.15) is 11.4 Å². The quantitative estimate of drug-likeness (QED) is 0.204. The summed E-state index contributed by atoms with van der Waals surface area (Å²) in [4.78, 5) is 20.5. The third-order valence-electron chi connectivity index (χ3n) is 5.91. The number of amides is 1. The summed E-state index contributed by atoms with van der Waals surface area (Å²) in [6.45, 7) is 1.90.